The lowest BCUT2D eigenvalue weighted by Gasteiger charge is -2.11. The molecule has 1 aromatic carbocycles. The van der Waals surface area contributed by atoms with E-state index in [1.165, 1.54) is 5.56 Å². The molecule has 14 heavy (non-hydrogen) atoms. The van der Waals surface area contributed by atoms with E-state index in [2.05, 4.69) is 18.3 Å². The number of hydrogen-bond donors (Lipinski definition) is 1. The second-order valence-electron chi connectivity index (χ2n) is 3.14. The number of rotatable bonds is 5. The average Bonchev–Trinajstić information content (AvgIpc) is 2.20. The summed E-state index contributed by atoms with van der Waals surface area (Å²) in [6, 6.07) is 6.09. The number of anilines is 1. The highest BCUT2D eigenvalue weighted by molar-refractivity contribution is 6.17. The van der Waals surface area contributed by atoms with E-state index >= 15 is 0 Å². The van der Waals surface area contributed by atoms with Gasteiger partial charge in [0.1, 0.15) is 5.75 Å². The van der Waals surface area contributed by atoms with Gasteiger partial charge in [-0.15, -0.1) is 11.6 Å². The Morgan fingerprint density at radius 3 is 2.86 bits per heavy atom. The molecule has 0 saturated carbocycles. The molecule has 0 radical (unpaired) electrons. The zero-order valence-corrected chi connectivity index (χ0v) is 9.40. The average molecular weight is 214 g/mol. The first-order chi connectivity index (χ1) is 6.77. The molecule has 0 unspecified atom stereocenters. The van der Waals surface area contributed by atoms with Gasteiger partial charge in [-0.2, -0.15) is 0 Å². The van der Waals surface area contributed by atoms with E-state index in [-0.39, 0.29) is 0 Å². The van der Waals surface area contributed by atoms with Crippen molar-refractivity contribution in [3.8, 4) is 5.75 Å². The van der Waals surface area contributed by atoms with Crippen LogP contribution in [-0.2, 0) is 0 Å². The fourth-order valence-electron chi connectivity index (χ4n) is 1.20. The summed E-state index contributed by atoms with van der Waals surface area (Å²) in [6.07, 6.45) is 0.874. The standard InChI is InChI=1S/C11H16ClNO/c1-9-4-5-11(10(8-9)13-2)14-7-3-6-12/h4-5,8,13H,3,6-7H2,1-2H3. The van der Waals surface area contributed by atoms with Crippen molar-refractivity contribution in [1.29, 1.82) is 0 Å². The molecule has 0 fully saturated rings. The van der Waals surface area contributed by atoms with E-state index in [0.717, 1.165) is 17.9 Å². The first-order valence-electron chi connectivity index (χ1n) is 4.75. The highest BCUT2D eigenvalue weighted by atomic mass is 35.5. The van der Waals surface area contributed by atoms with E-state index in [1.807, 2.05) is 19.2 Å². The lowest BCUT2D eigenvalue weighted by molar-refractivity contribution is 0.320. The minimum absolute atomic E-state index is 0.640. The van der Waals surface area contributed by atoms with Gasteiger partial charge >= 0.3 is 0 Å². The van der Waals surface area contributed by atoms with Crippen LogP contribution < -0.4 is 10.1 Å². The van der Waals surface area contributed by atoms with Crippen LogP contribution in [-0.4, -0.2) is 19.5 Å². The summed E-state index contributed by atoms with van der Waals surface area (Å²) in [5, 5.41) is 3.11. The van der Waals surface area contributed by atoms with Crippen molar-refractivity contribution in [3.05, 3.63) is 23.8 Å². The summed E-state index contributed by atoms with van der Waals surface area (Å²) >= 11 is 5.57. The van der Waals surface area contributed by atoms with Gasteiger partial charge in [0.05, 0.1) is 12.3 Å². The third kappa shape index (κ3) is 3.11. The molecule has 0 aromatic heterocycles. The van der Waals surface area contributed by atoms with Crippen molar-refractivity contribution < 1.29 is 4.74 Å². The van der Waals surface area contributed by atoms with Crippen molar-refractivity contribution in [2.75, 3.05) is 24.9 Å². The monoisotopic (exact) mass is 213 g/mol. The Bertz CT molecular complexity index is 289. The van der Waals surface area contributed by atoms with Gasteiger partial charge in [-0.25, -0.2) is 0 Å². The molecular formula is C11H16ClNO. The zero-order chi connectivity index (χ0) is 10.4. The van der Waals surface area contributed by atoms with Crippen LogP contribution in [0.5, 0.6) is 5.75 Å². The van der Waals surface area contributed by atoms with E-state index in [0.29, 0.717) is 12.5 Å². The summed E-state index contributed by atoms with van der Waals surface area (Å²) in [4.78, 5) is 0. The number of nitrogens with one attached hydrogen (secondary N) is 1. The lowest BCUT2D eigenvalue weighted by Crippen LogP contribution is -2.01. The highest BCUT2D eigenvalue weighted by Gasteiger charge is 2.01. The molecule has 0 atom stereocenters. The largest absolute Gasteiger partial charge is 0.491 e. The predicted molar refractivity (Wildman–Crippen MR) is 61.6 cm³/mol. The molecule has 0 bridgehead atoms. The van der Waals surface area contributed by atoms with Crippen LogP contribution in [0.15, 0.2) is 18.2 Å². The van der Waals surface area contributed by atoms with Gasteiger partial charge in [-0.05, 0) is 31.0 Å². The van der Waals surface area contributed by atoms with Gasteiger partial charge in [0.2, 0.25) is 0 Å². The van der Waals surface area contributed by atoms with Gasteiger partial charge in [0.15, 0.2) is 0 Å². The van der Waals surface area contributed by atoms with Crippen LogP contribution >= 0.6 is 11.6 Å². The normalized spacial score (nSPS) is 9.93. The van der Waals surface area contributed by atoms with Crippen LogP contribution in [0.25, 0.3) is 0 Å². The van der Waals surface area contributed by atoms with Crippen molar-refractivity contribution in [2.24, 2.45) is 0 Å². The molecular weight excluding hydrogens is 198 g/mol. The quantitative estimate of drug-likeness (QED) is 0.600. The van der Waals surface area contributed by atoms with Gasteiger partial charge in [0.25, 0.3) is 0 Å². The summed E-state index contributed by atoms with van der Waals surface area (Å²) < 4.78 is 5.58. The van der Waals surface area contributed by atoms with E-state index in [1.54, 1.807) is 0 Å². The Hall–Kier alpha value is -0.890. The van der Waals surface area contributed by atoms with Crippen LogP contribution in [0.2, 0.25) is 0 Å². The number of alkyl halides is 1. The third-order valence-corrected chi connectivity index (χ3v) is 2.21. The van der Waals surface area contributed by atoms with E-state index in [4.69, 9.17) is 16.3 Å². The molecule has 0 saturated heterocycles. The Morgan fingerprint density at radius 1 is 1.43 bits per heavy atom. The summed E-state index contributed by atoms with van der Waals surface area (Å²) in [6.45, 7) is 2.73. The molecule has 2 nitrogen and oxygen atoms in total. The smallest absolute Gasteiger partial charge is 0.142 e. The molecule has 3 heteroatoms. The second kappa shape index (κ2) is 5.76. The van der Waals surface area contributed by atoms with Crippen molar-refractivity contribution in [2.45, 2.75) is 13.3 Å². The Kier molecular flexibility index (Phi) is 4.60. The third-order valence-electron chi connectivity index (χ3n) is 1.94. The Labute approximate surface area is 90.2 Å². The van der Waals surface area contributed by atoms with Crippen molar-refractivity contribution in [1.82, 2.24) is 0 Å². The molecule has 0 spiro atoms. The molecule has 0 amide bonds. The summed E-state index contributed by atoms with van der Waals surface area (Å²) in [5.41, 5.74) is 2.25. The maximum atomic E-state index is 5.58. The second-order valence-corrected chi connectivity index (χ2v) is 3.52. The fourth-order valence-corrected chi connectivity index (χ4v) is 1.31. The Morgan fingerprint density at radius 2 is 2.21 bits per heavy atom. The zero-order valence-electron chi connectivity index (χ0n) is 8.64. The number of aryl methyl sites for hydroxylation is 1. The van der Waals surface area contributed by atoms with Gasteiger partial charge in [0, 0.05) is 12.9 Å². The maximum Gasteiger partial charge on any atom is 0.142 e. The molecule has 0 aliphatic rings. The SMILES string of the molecule is CNc1cc(C)ccc1OCCCCl. The molecule has 1 rings (SSSR count). The number of halogens is 1. The van der Waals surface area contributed by atoms with Gasteiger partial charge < -0.3 is 10.1 Å². The highest BCUT2D eigenvalue weighted by Crippen LogP contribution is 2.25. The van der Waals surface area contributed by atoms with Crippen LogP contribution in [0.4, 0.5) is 5.69 Å². The van der Waals surface area contributed by atoms with Crippen LogP contribution in [0, 0.1) is 6.92 Å². The fraction of sp³-hybridized carbons (Fsp3) is 0.455. The number of hydrogen-bond acceptors (Lipinski definition) is 2. The molecule has 1 aromatic rings. The molecule has 78 valence electrons. The minimum Gasteiger partial charge on any atom is -0.491 e. The maximum absolute atomic E-state index is 5.58. The molecule has 0 aliphatic heterocycles. The lowest BCUT2D eigenvalue weighted by atomic mass is 10.2. The summed E-state index contributed by atoms with van der Waals surface area (Å²) in [7, 11) is 1.89. The van der Waals surface area contributed by atoms with E-state index in [9.17, 15) is 0 Å². The molecule has 0 heterocycles. The van der Waals surface area contributed by atoms with Crippen molar-refractivity contribution >= 4 is 17.3 Å². The predicted octanol–water partition coefficient (Wildman–Crippen LogP) is 3.04. The van der Waals surface area contributed by atoms with Crippen LogP contribution in [0.3, 0.4) is 0 Å². The first-order valence-corrected chi connectivity index (χ1v) is 5.28. The minimum atomic E-state index is 0.640. The number of benzene rings is 1. The van der Waals surface area contributed by atoms with E-state index < -0.39 is 0 Å². The van der Waals surface area contributed by atoms with Crippen molar-refractivity contribution in [3.63, 3.8) is 0 Å². The first kappa shape index (κ1) is 11.2. The topological polar surface area (TPSA) is 21.3 Å². The van der Waals surface area contributed by atoms with Crippen LogP contribution in [0.1, 0.15) is 12.0 Å². The van der Waals surface area contributed by atoms with Gasteiger partial charge in [-0.1, -0.05) is 6.07 Å². The molecule has 1 N–H and O–H groups in total. The number of ether oxygens (including phenoxy) is 1. The molecule has 0 aliphatic carbocycles. The summed E-state index contributed by atoms with van der Waals surface area (Å²) in [5.74, 6) is 1.53. The van der Waals surface area contributed by atoms with Gasteiger partial charge in [-0.3, -0.25) is 0 Å². The Balaban J connectivity index is 2.65.